The van der Waals surface area contributed by atoms with Crippen molar-refractivity contribution in [1.29, 1.82) is 0 Å². The second kappa shape index (κ2) is 6.11. The van der Waals surface area contributed by atoms with Crippen molar-refractivity contribution >= 4 is 17.5 Å². The Morgan fingerprint density at radius 1 is 1.09 bits per heavy atom. The predicted octanol–water partition coefficient (Wildman–Crippen LogP) is 3.41. The molecule has 0 aliphatic rings. The molecule has 0 fully saturated rings. The topological polar surface area (TPSA) is 76.7 Å². The number of rotatable bonds is 4. The van der Waals surface area contributed by atoms with Crippen molar-refractivity contribution < 1.29 is 4.52 Å². The molecule has 0 bridgehead atoms. The van der Waals surface area contributed by atoms with E-state index in [1.807, 2.05) is 32.0 Å². The van der Waals surface area contributed by atoms with E-state index in [4.69, 9.17) is 16.1 Å². The van der Waals surface area contributed by atoms with Gasteiger partial charge in [-0.2, -0.15) is 4.98 Å². The molecular weight excluding hydrogens is 302 g/mol. The summed E-state index contributed by atoms with van der Waals surface area (Å²) in [6.45, 7) is 4.20. The van der Waals surface area contributed by atoms with Crippen molar-refractivity contribution in [2.45, 2.75) is 20.4 Å². The van der Waals surface area contributed by atoms with Crippen LogP contribution in [-0.4, -0.2) is 20.1 Å². The summed E-state index contributed by atoms with van der Waals surface area (Å²) in [5, 5.41) is 7.65. The van der Waals surface area contributed by atoms with Gasteiger partial charge in [-0.3, -0.25) is 0 Å². The van der Waals surface area contributed by atoms with Gasteiger partial charge in [0.2, 0.25) is 17.7 Å². The van der Waals surface area contributed by atoms with E-state index in [1.54, 1.807) is 12.1 Å². The SMILES string of the molecule is Cc1cc(C)nc(NCc2nc(-c3cccc(Cl)c3)no2)n1. The smallest absolute Gasteiger partial charge is 0.246 e. The van der Waals surface area contributed by atoms with Crippen LogP contribution >= 0.6 is 11.6 Å². The fourth-order valence-electron chi connectivity index (χ4n) is 2.03. The molecule has 7 heteroatoms. The maximum absolute atomic E-state index is 5.96. The molecular formula is C15H14ClN5O. The summed E-state index contributed by atoms with van der Waals surface area (Å²) in [5.41, 5.74) is 2.62. The first kappa shape index (κ1) is 14.5. The molecule has 22 heavy (non-hydrogen) atoms. The van der Waals surface area contributed by atoms with Gasteiger partial charge in [0.05, 0.1) is 6.54 Å². The van der Waals surface area contributed by atoms with Crippen LogP contribution in [0.2, 0.25) is 5.02 Å². The molecule has 0 atom stereocenters. The number of nitrogens with one attached hydrogen (secondary N) is 1. The highest BCUT2D eigenvalue weighted by Gasteiger charge is 2.09. The van der Waals surface area contributed by atoms with Crippen LogP contribution in [0, 0.1) is 13.8 Å². The van der Waals surface area contributed by atoms with E-state index in [1.165, 1.54) is 0 Å². The number of halogens is 1. The molecule has 0 saturated carbocycles. The zero-order valence-electron chi connectivity index (χ0n) is 12.2. The Morgan fingerprint density at radius 2 is 1.86 bits per heavy atom. The highest BCUT2D eigenvalue weighted by Crippen LogP contribution is 2.20. The molecule has 0 aliphatic heterocycles. The van der Waals surface area contributed by atoms with E-state index >= 15 is 0 Å². The first-order valence-electron chi connectivity index (χ1n) is 6.75. The van der Waals surface area contributed by atoms with Crippen LogP contribution in [-0.2, 0) is 6.54 Å². The van der Waals surface area contributed by atoms with Gasteiger partial charge in [0.25, 0.3) is 0 Å². The summed E-state index contributed by atoms with van der Waals surface area (Å²) >= 11 is 5.96. The molecule has 1 aromatic carbocycles. The van der Waals surface area contributed by atoms with Gasteiger partial charge in [0.15, 0.2) is 0 Å². The van der Waals surface area contributed by atoms with Crippen LogP contribution < -0.4 is 5.32 Å². The molecule has 112 valence electrons. The fourth-order valence-corrected chi connectivity index (χ4v) is 2.22. The summed E-state index contributed by atoms with van der Waals surface area (Å²) in [6, 6.07) is 9.22. The predicted molar refractivity (Wildman–Crippen MR) is 83.6 cm³/mol. The Hall–Kier alpha value is -2.47. The number of aryl methyl sites for hydroxylation is 2. The third kappa shape index (κ3) is 3.40. The molecule has 2 aromatic heterocycles. The van der Waals surface area contributed by atoms with E-state index in [0.717, 1.165) is 17.0 Å². The van der Waals surface area contributed by atoms with Gasteiger partial charge in [0, 0.05) is 22.0 Å². The van der Waals surface area contributed by atoms with Crippen LogP contribution in [0.15, 0.2) is 34.9 Å². The molecule has 3 rings (SSSR count). The normalized spacial score (nSPS) is 10.7. The van der Waals surface area contributed by atoms with Gasteiger partial charge in [-0.1, -0.05) is 28.9 Å². The summed E-state index contributed by atoms with van der Waals surface area (Å²) in [6.07, 6.45) is 0. The maximum atomic E-state index is 5.96. The maximum Gasteiger partial charge on any atom is 0.246 e. The standard InChI is InChI=1S/C15H14ClN5O/c1-9-6-10(2)19-15(18-9)17-8-13-20-14(21-22-13)11-4-3-5-12(16)7-11/h3-7H,8H2,1-2H3,(H,17,18,19). The zero-order valence-corrected chi connectivity index (χ0v) is 12.9. The lowest BCUT2D eigenvalue weighted by molar-refractivity contribution is 0.384. The molecule has 1 N–H and O–H groups in total. The molecule has 0 unspecified atom stereocenters. The third-order valence-electron chi connectivity index (χ3n) is 2.93. The number of aromatic nitrogens is 4. The summed E-state index contributed by atoms with van der Waals surface area (Å²) in [5.74, 6) is 1.50. The van der Waals surface area contributed by atoms with Gasteiger partial charge >= 0.3 is 0 Å². The number of anilines is 1. The lowest BCUT2D eigenvalue weighted by atomic mass is 10.2. The second-order valence-electron chi connectivity index (χ2n) is 4.85. The molecule has 0 spiro atoms. The molecule has 2 heterocycles. The van der Waals surface area contributed by atoms with E-state index in [2.05, 4.69) is 25.4 Å². The molecule has 0 aliphatic carbocycles. The monoisotopic (exact) mass is 315 g/mol. The van der Waals surface area contributed by atoms with Gasteiger partial charge < -0.3 is 9.84 Å². The van der Waals surface area contributed by atoms with Crippen molar-refractivity contribution in [3.63, 3.8) is 0 Å². The van der Waals surface area contributed by atoms with Gasteiger partial charge in [-0.05, 0) is 32.0 Å². The molecule has 0 radical (unpaired) electrons. The molecule has 6 nitrogen and oxygen atoms in total. The highest BCUT2D eigenvalue weighted by molar-refractivity contribution is 6.30. The van der Waals surface area contributed by atoms with Crippen LogP contribution in [0.25, 0.3) is 11.4 Å². The number of nitrogens with zero attached hydrogens (tertiary/aromatic N) is 4. The lowest BCUT2D eigenvalue weighted by Gasteiger charge is -2.03. The first-order valence-corrected chi connectivity index (χ1v) is 7.12. The van der Waals surface area contributed by atoms with Crippen molar-refractivity contribution in [2.24, 2.45) is 0 Å². The Morgan fingerprint density at radius 3 is 2.59 bits per heavy atom. The minimum Gasteiger partial charge on any atom is -0.345 e. The Bertz CT molecular complexity index is 782. The quantitative estimate of drug-likeness (QED) is 0.795. The third-order valence-corrected chi connectivity index (χ3v) is 3.17. The van der Waals surface area contributed by atoms with E-state index in [0.29, 0.717) is 29.2 Å². The van der Waals surface area contributed by atoms with Crippen molar-refractivity contribution in [2.75, 3.05) is 5.32 Å². The lowest BCUT2D eigenvalue weighted by Crippen LogP contribution is -2.05. The summed E-state index contributed by atoms with van der Waals surface area (Å²) in [7, 11) is 0. The Kier molecular flexibility index (Phi) is 4.02. The average Bonchev–Trinajstić information content (AvgIpc) is 2.93. The van der Waals surface area contributed by atoms with Gasteiger partial charge in [-0.25, -0.2) is 9.97 Å². The average molecular weight is 316 g/mol. The summed E-state index contributed by atoms with van der Waals surface area (Å²) in [4.78, 5) is 12.9. The number of benzene rings is 1. The van der Waals surface area contributed by atoms with Crippen LogP contribution in [0.4, 0.5) is 5.95 Å². The summed E-state index contributed by atoms with van der Waals surface area (Å²) < 4.78 is 5.22. The number of hydrogen-bond acceptors (Lipinski definition) is 6. The van der Waals surface area contributed by atoms with Gasteiger partial charge in [0.1, 0.15) is 0 Å². The van der Waals surface area contributed by atoms with E-state index < -0.39 is 0 Å². The van der Waals surface area contributed by atoms with Crippen LogP contribution in [0.5, 0.6) is 0 Å². The number of hydrogen-bond donors (Lipinski definition) is 1. The largest absolute Gasteiger partial charge is 0.345 e. The highest BCUT2D eigenvalue weighted by atomic mass is 35.5. The van der Waals surface area contributed by atoms with Gasteiger partial charge in [-0.15, -0.1) is 0 Å². The first-order chi connectivity index (χ1) is 10.6. The van der Waals surface area contributed by atoms with Crippen molar-refractivity contribution in [3.05, 3.63) is 52.6 Å². The zero-order chi connectivity index (χ0) is 15.5. The van der Waals surface area contributed by atoms with Crippen molar-refractivity contribution in [3.8, 4) is 11.4 Å². The fraction of sp³-hybridized carbons (Fsp3) is 0.200. The Labute approximate surface area is 132 Å². The van der Waals surface area contributed by atoms with Crippen molar-refractivity contribution in [1.82, 2.24) is 20.1 Å². The molecule has 0 saturated heterocycles. The molecule has 3 aromatic rings. The Balaban J connectivity index is 1.72. The minimum atomic E-state index is 0.358. The van der Waals surface area contributed by atoms with Crippen LogP contribution in [0.3, 0.4) is 0 Å². The molecule has 0 amide bonds. The van der Waals surface area contributed by atoms with Crippen LogP contribution in [0.1, 0.15) is 17.3 Å². The minimum absolute atomic E-state index is 0.358. The van der Waals surface area contributed by atoms with E-state index in [9.17, 15) is 0 Å². The second-order valence-corrected chi connectivity index (χ2v) is 5.29. The van der Waals surface area contributed by atoms with E-state index in [-0.39, 0.29) is 0 Å².